The molecule has 0 atom stereocenters. The topological polar surface area (TPSA) is 23.5 Å². The summed E-state index contributed by atoms with van der Waals surface area (Å²) in [7, 11) is 2.15. The van der Waals surface area contributed by atoms with E-state index < -0.39 is 0 Å². The van der Waals surface area contributed by atoms with Crippen LogP contribution in [0.15, 0.2) is 12.8 Å². The highest BCUT2D eigenvalue weighted by Gasteiger charge is 2.16. The van der Waals surface area contributed by atoms with Crippen molar-refractivity contribution >= 4 is 0 Å². The minimum Gasteiger partial charge on any atom is -0.516 e. The molecular formula is C7H15NO. The van der Waals surface area contributed by atoms with Gasteiger partial charge in [-0.3, -0.25) is 0 Å². The summed E-state index contributed by atoms with van der Waals surface area (Å²) >= 11 is 0. The zero-order valence-electron chi connectivity index (χ0n) is 6.17. The molecule has 0 saturated carbocycles. The van der Waals surface area contributed by atoms with Gasteiger partial charge in [-0.15, -0.1) is 0 Å². The van der Waals surface area contributed by atoms with Crippen LogP contribution in [0.2, 0.25) is 0 Å². The van der Waals surface area contributed by atoms with E-state index in [4.69, 9.17) is 5.11 Å². The molecule has 0 unspecified atom stereocenters. The Morgan fingerprint density at radius 1 is 1.67 bits per heavy atom. The lowest BCUT2D eigenvalue weighted by atomic mass is 10.1. The Balaban J connectivity index is 0.000000187. The lowest BCUT2D eigenvalue weighted by Crippen LogP contribution is -2.41. The number of hydrogen-bond acceptors (Lipinski definition) is 2. The predicted molar refractivity (Wildman–Crippen MR) is 39.5 cm³/mol. The molecule has 2 nitrogen and oxygen atoms in total. The van der Waals surface area contributed by atoms with Gasteiger partial charge in [-0.25, -0.2) is 0 Å². The van der Waals surface area contributed by atoms with E-state index >= 15 is 0 Å². The summed E-state index contributed by atoms with van der Waals surface area (Å²) in [6, 6.07) is 0. The van der Waals surface area contributed by atoms with Crippen molar-refractivity contribution in [1.29, 1.82) is 0 Å². The zero-order valence-corrected chi connectivity index (χ0v) is 6.17. The van der Waals surface area contributed by atoms with E-state index in [9.17, 15) is 0 Å². The molecule has 1 aliphatic heterocycles. The predicted octanol–water partition coefficient (Wildman–Crippen LogP) is 1.26. The molecule has 54 valence electrons. The Morgan fingerprint density at radius 2 is 2.00 bits per heavy atom. The van der Waals surface area contributed by atoms with Crippen molar-refractivity contribution in [3.8, 4) is 0 Å². The lowest BCUT2D eigenvalue weighted by molar-refractivity contribution is 0.149. The van der Waals surface area contributed by atoms with Gasteiger partial charge in [0.25, 0.3) is 0 Å². The number of nitrogens with zero attached hydrogens (tertiary/aromatic N) is 1. The van der Waals surface area contributed by atoms with E-state index in [-0.39, 0.29) is 0 Å². The van der Waals surface area contributed by atoms with Crippen molar-refractivity contribution in [2.75, 3.05) is 20.1 Å². The molecule has 1 rings (SSSR count). The summed E-state index contributed by atoms with van der Waals surface area (Å²) in [5.74, 6) is 0.968. The standard InChI is InChI=1S/C5H11N.C2H4O/c1-5-3-6(2)4-5;1-2-3/h5H,3-4H2,1-2H3;2-3H,1H2. The number of hydrogen-bond donors (Lipinski definition) is 1. The van der Waals surface area contributed by atoms with Gasteiger partial charge in [0.1, 0.15) is 0 Å². The van der Waals surface area contributed by atoms with Crippen LogP contribution in [0.4, 0.5) is 0 Å². The van der Waals surface area contributed by atoms with Crippen LogP contribution < -0.4 is 0 Å². The van der Waals surface area contributed by atoms with Gasteiger partial charge in [-0.05, 0) is 13.0 Å². The summed E-state index contributed by atoms with van der Waals surface area (Å²) < 4.78 is 0. The first-order valence-corrected chi connectivity index (χ1v) is 3.14. The highest BCUT2D eigenvalue weighted by molar-refractivity contribution is 4.71. The normalized spacial score (nSPS) is 19.3. The fourth-order valence-corrected chi connectivity index (χ4v) is 1.01. The summed E-state index contributed by atoms with van der Waals surface area (Å²) in [5.41, 5.74) is 0. The maximum absolute atomic E-state index is 7.33. The number of likely N-dealkylation sites (tertiary alicyclic amines) is 1. The van der Waals surface area contributed by atoms with Crippen LogP contribution in [0.1, 0.15) is 6.92 Å². The van der Waals surface area contributed by atoms with Crippen molar-refractivity contribution in [3.05, 3.63) is 12.8 Å². The van der Waals surface area contributed by atoms with Crippen LogP contribution in [-0.4, -0.2) is 30.1 Å². The van der Waals surface area contributed by atoms with Crippen molar-refractivity contribution in [1.82, 2.24) is 4.90 Å². The third kappa shape index (κ3) is 4.03. The van der Waals surface area contributed by atoms with Gasteiger partial charge in [0.05, 0.1) is 6.26 Å². The molecule has 1 saturated heterocycles. The van der Waals surface area contributed by atoms with Crippen molar-refractivity contribution in [2.24, 2.45) is 5.92 Å². The SMILES string of the molecule is C=CO.CC1CN(C)C1. The second-order valence-electron chi connectivity index (χ2n) is 2.51. The van der Waals surface area contributed by atoms with E-state index in [0.29, 0.717) is 0 Å². The number of rotatable bonds is 0. The van der Waals surface area contributed by atoms with Crippen molar-refractivity contribution < 1.29 is 5.11 Å². The average molecular weight is 129 g/mol. The van der Waals surface area contributed by atoms with E-state index in [1.807, 2.05) is 0 Å². The Morgan fingerprint density at radius 3 is 2.00 bits per heavy atom. The molecule has 9 heavy (non-hydrogen) atoms. The number of aliphatic hydroxyl groups excluding tert-OH is 1. The highest BCUT2D eigenvalue weighted by atomic mass is 16.2. The van der Waals surface area contributed by atoms with Crippen LogP contribution >= 0.6 is 0 Å². The molecule has 1 heterocycles. The molecular weight excluding hydrogens is 114 g/mol. The Kier molecular flexibility index (Phi) is 4.14. The minimum absolute atomic E-state index is 0.750. The molecule has 2 heteroatoms. The Labute approximate surface area is 56.8 Å². The van der Waals surface area contributed by atoms with Gasteiger partial charge in [0.2, 0.25) is 0 Å². The molecule has 0 aromatic carbocycles. The molecule has 0 bridgehead atoms. The molecule has 1 N–H and O–H groups in total. The van der Waals surface area contributed by atoms with Crippen molar-refractivity contribution in [2.45, 2.75) is 6.92 Å². The van der Waals surface area contributed by atoms with Crippen LogP contribution in [0, 0.1) is 5.92 Å². The molecule has 0 aliphatic carbocycles. The van der Waals surface area contributed by atoms with E-state index in [1.54, 1.807) is 0 Å². The summed E-state index contributed by atoms with van der Waals surface area (Å²) in [4.78, 5) is 2.32. The summed E-state index contributed by atoms with van der Waals surface area (Å²) in [5, 5.41) is 7.33. The van der Waals surface area contributed by atoms with Gasteiger partial charge in [-0.1, -0.05) is 13.5 Å². The smallest absolute Gasteiger partial charge is 0.0719 e. The molecule has 0 spiro atoms. The fourth-order valence-electron chi connectivity index (χ4n) is 1.01. The highest BCUT2D eigenvalue weighted by Crippen LogP contribution is 2.09. The Hall–Kier alpha value is -0.500. The molecule has 0 amide bonds. The van der Waals surface area contributed by atoms with Gasteiger partial charge in [0.15, 0.2) is 0 Å². The third-order valence-corrected chi connectivity index (χ3v) is 1.25. The van der Waals surface area contributed by atoms with Gasteiger partial charge < -0.3 is 10.0 Å². The van der Waals surface area contributed by atoms with Crippen molar-refractivity contribution in [3.63, 3.8) is 0 Å². The van der Waals surface area contributed by atoms with Gasteiger partial charge >= 0.3 is 0 Å². The van der Waals surface area contributed by atoms with E-state index in [0.717, 1.165) is 12.2 Å². The molecule has 0 radical (unpaired) electrons. The Bertz CT molecular complexity index is 71.0. The van der Waals surface area contributed by atoms with Crippen LogP contribution in [0.3, 0.4) is 0 Å². The van der Waals surface area contributed by atoms with E-state index in [2.05, 4.69) is 25.5 Å². The third-order valence-electron chi connectivity index (χ3n) is 1.25. The zero-order chi connectivity index (χ0) is 7.28. The monoisotopic (exact) mass is 129 g/mol. The number of aliphatic hydroxyl groups is 1. The quantitative estimate of drug-likeness (QED) is 0.498. The first-order valence-electron chi connectivity index (χ1n) is 3.14. The minimum atomic E-state index is 0.750. The second kappa shape index (κ2) is 4.39. The average Bonchev–Trinajstić information content (AvgIpc) is 1.65. The molecule has 0 aromatic rings. The first kappa shape index (κ1) is 8.50. The van der Waals surface area contributed by atoms with E-state index in [1.165, 1.54) is 13.1 Å². The lowest BCUT2D eigenvalue weighted by Gasteiger charge is -2.33. The fraction of sp³-hybridized carbons (Fsp3) is 0.714. The maximum atomic E-state index is 7.33. The molecule has 1 fully saturated rings. The molecule has 1 aliphatic rings. The van der Waals surface area contributed by atoms with Crippen LogP contribution in [0.25, 0.3) is 0 Å². The van der Waals surface area contributed by atoms with Crippen LogP contribution in [0.5, 0.6) is 0 Å². The largest absolute Gasteiger partial charge is 0.516 e. The summed E-state index contributed by atoms with van der Waals surface area (Å²) in [6.07, 6.45) is 0.750. The second-order valence-corrected chi connectivity index (χ2v) is 2.51. The summed E-state index contributed by atoms with van der Waals surface area (Å²) in [6.45, 7) is 7.81. The van der Waals surface area contributed by atoms with Crippen LogP contribution in [-0.2, 0) is 0 Å². The van der Waals surface area contributed by atoms with Gasteiger partial charge in [-0.2, -0.15) is 0 Å². The molecule has 0 aromatic heterocycles. The van der Waals surface area contributed by atoms with Gasteiger partial charge in [0, 0.05) is 13.1 Å². The first-order chi connectivity index (χ1) is 4.20. The maximum Gasteiger partial charge on any atom is 0.0719 e.